The van der Waals surface area contributed by atoms with E-state index in [4.69, 9.17) is 4.98 Å². The fraction of sp³-hybridized carbons (Fsp3) is 0.253. The average Bonchev–Trinajstić information content (AvgIpc) is 1.55. The van der Waals surface area contributed by atoms with Crippen LogP contribution >= 0.6 is 0 Å². The van der Waals surface area contributed by atoms with E-state index < -0.39 is 0 Å². The van der Waals surface area contributed by atoms with E-state index in [0.29, 0.717) is 0 Å². The minimum Gasteiger partial charge on any atom is -0.310 e. The van der Waals surface area contributed by atoms with Gasteiger partial charge in [-0.3, -0.25) is 4.98 Å². The molecule has 0 saturated carbocycles. The van der Waals surface area contributed by atoms with Gasteiger partial charge in [0, 0.05) is 76.4 Å². The van der Waals surface area contributed by atoms with Crippen LogP contribution in [0.25, 0.3) is 153 Å². The molecule has 0 unspecified atom stereocenters. The quantitative estimate of drug-likeness (QED) is 0.128. The van der Waals surface area contributed by atoms with E-state index in [-0.39, 0.29) is 39.2 Å². The molecule has 0 aliphatic carbocycles. The molecular weight excluding hydrogens is 1220 g/mol. The molecular formula is C95H88BN5. The lowest BCUT2D eigenvalue weighted by atomic mass is 9.34. The summed E-state index contributed by atoms with van der Waals surface area (Å²) in [6.07, 6.45) is 4.37. The Labute approximate surface area is 593 Å². The van der Waals surface area contributed by atoms with Gasteiger partial charge in [0.05, 0.1) is 56.9 Å². The molecule has 0 saturated heterocycles. The molecule has 0 radical (unpaired) electrons. The number of pyridine rings is 1. The van der Waals surface area contributed by atoms with Crippen LogP contribution in [0.3, 0.4) is 0 Å². The molecule has 12 aromatic carbocycles. The van der Waals surface area contributed by atoms with Gasteiger partial charge in [-0.2, -0.15) is 0 Å². The Morgan fingerprint density at radius 3 is 1.04 bits per heavy atom. The molecule has 0 amide bonds. The van der Waals surface area contributed by atoms with Gasteiger partial charge in [0.2, 0.25) is 0 Å². The summed E-state index contributed by atoms with van der Waals surface area (Å²) in [5.74, 6) is 0. The van der Waals surface area contributed by atoms with Crippen molar-refractivity contribution in [3.63, 3.8) is 0 Å². The highest BCUT2D eigenvalue weighted by atomic mass is 15.1. The summed E-state index contributed by atoms with van der Waals surface area (Å²) in [5, 5.41) is 17.8. The fourth-order valence-electron chi connectivity index (χ4n) is 18.0. The van der Waals surface area contributed by atoms with Crippen molar-refractivity contribution in [3.05, 3.63) is 240 Å². The molecule has 5 aromatic heterocycles. The average molecular weight is 1310 g/mol. The first kappa shape index (κ1) is 61.9. The van der Waals surface area contributed by atoms with Crippen LogP contribution in [0.15, 0.2) is 207 Å². The van der Waals surface area contributed by atoms with Gasteiger partial charge in [-0.15, -0.1) is 0 Å². The van der Waals surface area contributed by atoms with Gasteiger partial charge in [0.1, 0.15) is 0 Å². The third-order valence-electron chi connectivity index (χ3n) is 23.5. The third kappa shape index (κ3) is 8.73. The molecule has 2 aliphatic rings. The highest BCUT2D eigenvalue weighted by Crippen LogP contribution is 2.50. The van der Waals surface area contributed by atoms with E-state index in [1.54, 1.807) is 0 Å². The van der Waals surface area contributed by atoms with Gasteiger partial charge in [-0.1, -0.05) is 234 Å². The molecule has 0 atom stereocenters. The first-order valence-electron chi connectivity index (χ1n) is 36.7. The molecule has 0 bridgehead atoms. The molecule has 0 fully saturated rings. The number of benzene rings is 12. The Morgan fingerprint density at radius 1 is 0.257 bits per heavy atom. The highest BCUT2D eigenvalue weighted by Gasteiger charge is 2.43. The second-order valence-electron chi connectivity index (χ2n) is 36.1. The number of rotatable bonds is 3. The van der Waals surface area contributed by atoms with Crippen LogP contribution in [0.4, 0.5) is 0 Å². The second-order valence-corrected chi connectivity index (χ2v) is 36.1. The summed E-state index contributed by atoms with van der Waals surface area (Å²) in [7, 11) is 0. The number of fused-ring (bicyclic) bond motifs is 23. The molecule has 19 rings (SSSR count). The van der Waals surface area contributed by atoms with Crippen LogP contribution in [-0.2, 0) is 32.5 Å². The number of aromatic nitrogens is 5. The Hall–Kier alpha value is -10.2. The second kappa shape index (κ2) is 20.3. The summed E-state index contributed by atoms with van der Waals surface area (Å²) in [6, 6.07) is 77.2. The fourth-order valence-corrected chi connectivity index (χ4v) is 18.0. The van der Waals surface area contributed by atoms with Gasteiger partial charge >= 0.3 is 0 Å². The predicted molar refractivity (Wildman–Crippen MR) is 436 cm³/mol. The van der Waals surface area contributed by atoms with E-state index in [1.807, 2.05) is 0 Å². The van der Waals surface area contributed by atoms with Crippen LogP contribution < -0.4 is 16.4 Å². The van der Waals surface area contributed by atoms with E-state index in [0.717, 1.165) is 44.6 Å². The molecule has 0 spiro atoms. The van der Waals surface area contributed by atoms with Crippen molar-refractivity contribution in [2.24, 2.45) is 0 Å². The Balaban J connectivity index is 1.03. The number of hydrogen-bond donors (Lipinski definition) is 0. The van der Waals surface area contributed by atoms with E-state index >= 15 is 0 Å². The van der Waals surface area contributed by atoms with E-state index in [9.17, 15) is 0 Å². The lowest BCUT2D eigenvalue weighted by Crippen LogP contribution is -2.59. The molecule has 496 valence electrons. The summed E-state index contributed by atoms with van der Waals surface area (Å²) in [4.78, 5) is 5.56. The van der Waals surface area contributed by atoms with Crippen LogP contribution in [0, 0.1) is 0 Å². The Bertz CT molecular complexity index is 6220. The molecule has 101 heavy (non-hydrogen) atoms. The zero-order valence-electron chi connectivity index (χ0n) is 61.9. The standard InChI is InChI=1S/C95H88BN5/c1-90(2,3)54-30-36-74-66(44-54)67-45-55(91(4,5)6)31-37-75(67)98(74)82-51-97-52-83(99-76-38-32-56(92(7,8)9)46-68(76)69-47-57(93(10,11)12)33-39-77(69)99)84(82)53-42-80-87-81(43-53)101-79-41-35-64-62-26-20-19-24-60(62)61-25-21-22-27-63(61)85(64)86(79)65-28-23-29-72(88(65)101)96(87)73-50-59(95(16,17)18)49-71-70-48-58(94(13,14)15)34-40-78(70)100(80)89(71)73/h19-52H,1-18H3. The first-order valence-corrected chi connectivity index (χ1v) is 36.7. The van der Waals surface area contributed by atoms with Crippen LogP contribution in [0.5, 0.6) is 0 Å². The van der Waals surface area contributed by atoms with Crippen LogP contribution in [0.2, 0.25) is 0 Å². The van der Waals surface area contributed by atoms with Gasteiger partial charge in [0.25, 0.3) is 6.71 Å². The minimum absolute atomic E-state index is 0.0714. The lowest BCUT2D eigenvalue weighted by molar-refractivity contribution is 0.590. The van der Waals surface area contributed by atoms with Crippen LogP contribution in [0.1, 0.15) is 158 Å². The largest absolute Gasteiger partial charge is 0.310 e. The van der Waals surface area contributed by atoms with Crippen molar-refractivity contribution >= 4 is 143 Å². The van der Waals surface area contributed by atoms with Gasteiger partial charge in [-0.05, 0) is 200 Å². The molecule has 2 aliphatic heterocycles. The maximum Gasteiger partial charge on any atom is 0.252 e. The first-order chi connectivity index (χ1) is 47.9. The number of nitrogens with zero attached hydrogens (tertiary/aromatic N) is 5. The van der Waals surface area contributed by atoms with Crippen molar-refractivity contribution in [1.82, 2.24) is 23.3 Å². The van der Waals surface area contributed by atoms with Crippen LogP contribution in [-0.4, -0.2) is 30.0 Å². The Kier molecular flexibility index (Phi) is 12.4. The predicted octanol–water partition coefficient (Wildman–Crippen LogP) is 23.5. The third-order valence-corrected chi connectivity index (χ3v) is 23.5. The molecule has 6 heteroatoms. The van der Waals surface area contributed by atoms with Crippen molar-refractivity contribution in [2.45, 2.75) is 157 Å². The molecule has 17 aromatic rings. The molecule has 5 nitrogen and oxygen atoms in total. The topological polar surface area (TPSA) is 32.6 Å². The molecule has 7 heterocycles. The summed E-state index contributed by atoms with van der Waals surface area (Å²) in [5.41, 5.74) is 27.7. The zero-order chi connectivity index (χ0) is 70.0. The maximum atomic E-state index is 5.56. The monoisotopic (exact) mass is 1310 g/mol. The smallest absolute Gasteiger partial charge is 0.252 e. The van der Waals surface area contributed by atoms with Crippen molar-refractivity contribution in [1.29, 1.82) is 0 Å². The minimum atomic E-state index is -0.134. The van der Waals surface area contributed by atoms with E-state index in [1.165, 1.54) is 159 Å². The summed E-state index contributed by atoms with van der Waals surface area (Å²) >= 11 is 0. The summed E-state index contributed by atoms with van der Waals surface area (Å²) < 4.78 is 10.6. The summed E-state index contributed by atoms with van der Waals surface area (Å²) in [6.45, 7) is 42.2. The van der Waals surface area contributed by atoms with Crippen molar-refractivity contribution < 1.29 is 0 Å². The van der Waals surface area contributed by atoms with Crippen molar-refractivity contribution in [2.75, 3.05) is 0 Å². The zero-order valence-corrected chi connectivity index (χ0v) is 61.9. The lowest BCUT2D eigenvalue weighted by Gasteiger charge is -2.35. The molecule has 0 N–H and O–H groups in total. The maximum absolute atomic E-state index is 5.56. The number of hydrogen-bond acceptors (Lipinski definition) is 1. The number of para-hydroxylation sites is 1. The SMILES string of the molecule is CC(C)(C)c1ccc2c(c1)c1cc(C(C)(C)C)ccc1n2-c1cncc(-n2c3ccc(C(C)(C)C)cc3c3cc(C(C)(C)C)ccc32)c1-c1cc2c3c(c1)-n1c4ccc5c6ccccc6c6ccccc6c5c4c4cccc(c41)B3c1cc(C(C)(C)C)cc3c4cc(C(C)(C)C)ccc4n-2c13. The highest BCUT2D eigenvalue weighted by molar-refractivity contribution is 7.00. The van der Waals surface area contributed by atoms with Crippen molar-refractivity contribution in [3.8, 4) is 33.9 Å². The Morgan fingerprint density at radius 2 is 0.604 bits per heavy atom. The van der Waals surface area contributed by atoms with Gasteiger partial charge in [0.15, 0.2) is 0 Å². The normalized spacial score (nSPS) is 13.8. The van der Waals surface area contributed by atoms with E-state index in [2.05, 4.69) is 349 Å². The van der Waals surface area contributed by atoms with Gasteiger partial charge in [-0.25, -0.2) is 0 Å². The van der Waals surface area contributed by atoms with Gasteiger partial charge < -0.3 is 18.3 Å².